The third-order valence-electron chi connectivity index (χ3n) is 6.10. The van der Waals surface area contributed by atoms with Crippen LogP contribution < -0.4 is 5.32 Å². The first-order valence-corrected chi connectivity index (χ1v) is 11.1. The number of carbonyl (C=O) groups is 1. The smallest absolute Gasteiger partial charge is 0.257 e. The van der Waals surface area contributed by atoms with Gasteiger partial charge in [-0.25, -0.2) is 0 Å². The monoisotopic (exact) mass is 426 g/mol. The molecule has 6 heteroatoms. The maximum absolute atomic E-state index is 12.9. The van der Waals surface area contributed by atoms with Crippen LogP contribution >= 0.6 is 0 Å². The highest BCUT2D eigenvalue weighted by Gasteiger charge is 2.26. The second kappa shape index (κ2) is 8.93. The van der Waals surface area contributed by atoms with Crippen LogP contribution in [-0.2, 0) is 11.3 Å². The Labute approximate surface area is 187 Å². The highest BCUT2D eigenvalue weighted by molar-refractivity contribution is 6.02. The minimum absolute atomic E-state index is 0.0124. The van der Waals surface area contributed by atoms with Gasteiger partial charge in [-0.05, 0) is 56.4 Å². The average molecular weight is 427 g/mol. The van der Waals surface area contributed by atoms with Crippen molar-refractivity contribution < 1.29 is 9.32 Å². The van der Waals surface area contributed by atoms with Crippen LogP contribution in [0.1, 0.15) is 24.2 Å². The van der Waals surface area contributed by atoms with E-state index in [1.807, 2.05) is 61.5 Å². The van der Waals surface area contributed by atoms with Gasteiger partial charge >= 0.3 is 0 Å². The molecule has 0 radical (unpaired) electrons. The van der Waals surface area contributed by atoms with E-state index >= 15 is 0 Å². The molecule has 1 aromatic heterocycles. The minimum Gasteiger partial charge on any atom is -0.334 e. The van der Waals surface area contributed by atoms with Crippen molar-refractivity contribution in [3.05, 3.63) is 78.1 Å². The molecule has 0 aliphatic carbocycles. The first-order chi connectivity index (χ1) is 15.7. The fraction of sp³-hybridized carbons (Fsp3) is 0.269. The number of rotatable bonds is 5. The van der Waals surface area contributed by atoms with Gasteiger partial charge in [0.1, 0.15) is 0 Å². The third-order valence-corrected chi connectivity index (χ3v) is 6.10. The van der Waals surface area contributed by atoms with Crippen LogP contribution in [0.2, 0.25) is 0 Å². The Bertz CT molecular complexity index is 1240. The summed E-state index contributed by atoms with van der Waals surface area (Å²) in [6, 6.07) is 22.2. The Morgan fingerprint density at radius 3 is 2.69 bits per heavy atom. The summed E-state index contributed by atoms with van der Waals surface area (Å²) in [5.41, 5.74) is 2.98. The number of fused-ring (bicyclic) bond motifs is 1. The Hall–Kier alpha value is -3.51. The van der Waals surface area contributed by atoms with E-state index in [0.717, 1.165) is 53.5 Å². The second-order valence-electron chi connectivity index (χ2n) is 8.45. The van der Waals surface area contributed by atoms with Gasteiger partial charge in [0.05, 0.1) is 6.54 Å². The number of nitrogens with one attached hydrogen (secondary N) is 1. The maximum Gasteiger partial charge on any atom is 0.257 e. The Morgan fingerprint density at radius 1 is 1.06 bits per heavy atom. The molecule has 0 atom stereocenters. The van der Waals surface area contributed by atoms with Gasteiger partial charge in [-0.1, -0.05) is 59.3 Å². The number of aromatic nitrogens is 2. The molecule has 1 N–H and O–H groups in total. The molecule has 6 nitrogen and oxygen atoms in total. The van der Waals surface area contributed by atoms with E-state index in [1.165, 1.54) is 0 Å². The van der Waals surface area contributed by atoms with Gasteiger partial charge < -0.3 is 9.84 Å². The predicted molar refractivity (Wildman–Crippen MR) is 125 cm³/mol. The molecule has 1 fully saturated rings. The van der Waals surface area contributed by atoms with E-state index in [4.69, 9.17) is 4.52 Å². The highest BCUT2D eigenvalue weighted by atomic mass is 16.5. The average Bonchev–Trinajstić information content (AvgIpc) is 3.28. The molecule has 5 rings (SSSR count). The Balaban J connectivity index is 1.17. The number of benzene rings is 3. The first-order valence-electron chi connectivity index (χ1n) is 11.1. The molecule has 0 bridgehead atoms. The summed E-state index contributed by atoms with van der Waals surface area (Å²) in [5, 5.41) is 9.50. The normalized spacial score (nSPS) is 15.2. The number of nitrogens with zero attached hydrogens (tertiary/aromatic N) is 3. The molecule has 4 aromatic rings. The van der Waals surface area contributed by atoms with Gasteiger partial charge in [-0.2, -0.15) is 4.98 Å². The summed E-state index contributed by atoms with van der Waals surface area (Å²) < 4.78 is 5.46. The second-order valence-corrected chi connectivity index (χ2v) is 8.45. The van der Waals surface area contributed by atoms with Gasteiger partial charge in [0.15, 0.2) is 5.82 Å². The fourth-order valence-corrected chi connectivity index (χ4v) is 4.34. The zero-order valence-electron chi connectivity index (χ0n) is 18.1. The number of carbonyl (C=O) groups excluding carboxylic acids is 1. The summed E-state index contributed by atoms with van der Waals surface area (Å²) in [6.07, 6.45) is 1.64. The number of hydrogen-bond acceptors (Lipinski definition) is 5. The molecule has 0 saturated carbocycles. The van der Waals surface area contributed by atoms with Crippen molar-refractivity contribution in [2.75, 3.05) is 18.4 Å². The van der Waals surface area contributed by atoms with Crippen molar-refractivity contribution in [3.8, 4) is 11.5 Å². The zero-order valence-corrected chi connectivity index (χ0v) is 18.1. The fourth-order valence-electron chi connectivity index (χ4n) is 4.34. The summed E-state index contributed by atoms with van der Waals surface area (Å²) in [7, 11) is 0. The molecule has 32 heavy (non-hydrogen) atoms. The molecule has 2 heterocycles. The van der Waals surface area contributed by atoms with Crippen LogP contribution in [-0.4, -0.2) is 34.0 Å². The molecule has 162 valence electrons. The quantitative estimate of drug-likeness (QED) is 0.484. The van der Waals surface area contributed by atoms with Gasteiger partial charge in [0.2, 0.25) is 5.91 Å². The summed E-state index contributed by atoms with van der Waals surface area (Å²) in [4.78, 5) is 19.7. The van der Waals surface area contributed by atoms with Gasteiger partial charge in [-0.15, -0.1) is 0 Å². The van der Waals surface area contributed by atoms with Gasteiger partial charge in [0, 0.05) is 22.6 Å². The number of piperidine rings is 1. The molecule has 0 spiro atoms. The van der Waals surface area contributed by atoms with Crippen molar-refractivity contribution in [3.63, 3.8) is 0 Å². The lowest BCUT2D eigenvalue weighted by Gasteiger charge is -2.30. The molecule has 1 aliphatic rings. The lowest BCUT2D eigenvalue weighted by molar-refractivity contribution is -0.121. The van der Waals surface area contributed by atoms with Gasteiger partial charge in [0.25, 0.3) is 5.89 Å². The number of amides is 1. The molecule has 0 unspecified atom stereocenters. The van der Waals surface area contributed by atoms with Crippen molar-refractivity contribution in [1.82, 2.24) is 15.0 Å². The molecular weight excluding hydrogens is 400 g/mol. The van der Waals surface area contributed by atoms with E-state index < -0.39 is 0 Å². The highest BCUT2D eigenvalue weighted by Crippen LogP contribution is 2.26. The summed E-state index contributed by atoms with van der Waals surface area (Å²) >= 11 is 0. The number of hydrogen-bond donors (Lipinski definition) is 1. The van der Waals surface area contributed by atoms with Crippen LogP contribution in [0.5, 0.6) is 0 Å². The topological polar surface area (TPSA) is 71.3 Å². The molecular formula is C26H26N4O2. The van der Waals surface area contributed by atoms with Crippen LogP contribution in [0, 0.1) is 12.8 Å². The van der Waals surface area contributed by atoms with Crippen LogP contribution in [0.4, 0.5) is 5.69 Å². The van der Waals surface area contributed by atoms with Crippen LogP contribution in [0.15, 0.2) is 71.3 Å². The van der Waals surface area contributed by atoms with E-state index in [9.17, 15) is 4.79 Å². The Morgan fingerprint density at radius 2 is 1.84 bits per heavy atom. The SMILES string of the molecule is Cc1cccc(-c2nc(CN3CCC(C(=O)Nc4cccc5ccccc45)CC3)no2)c1. The zero-order chi connectivity index (χ0) is 21.9. The standard InChI is InChI=1S/C26H26N4O2/c1-18-6-4-9-21(16-18)26-28-24(29-32-26)17-30-14-12-20(13-15-30)25(31)27-23-11-5-8-19-7-2-3-10-22(19)23/h2-11,16,20H,12-15,17H2,1H3,(H,27,31). The number of likely N-dealkylation sites (tertiary alicyclic amines) is 1. The molecule has 1 amide bonds. The van der Waals surface area contributed by atoms with E-state index in [0.29, 0.717) is 18.3 Å². The van der Waals surface area contributed by atoms with E-state index in [1.54, 1.807) is 0 Å². The summed E-state index contributed by atoms with van der Waals surface area (Å²) in [6.45, 7) is 4.35. The van der Waals surface area contributed by atoms with Crippen LogP contribution in [0.3, 0.4) is 0 Å². The third kappa shape index (κ3) is 4.41. The van der Waals surface area contributed by atoms with Gasteiger partial charge in [-0.3, -0.25) is 9.69 Å². The maximum atomic E-state index is 12.9. The van der Waals surface area contributed by atoms with Crippen molar-refractivity contribution in [2.24, 2.45) is 5.92 Å². The first kappa shape index (κ1) is 20.4. The molecule has 1 aliphatic heterocycles. The number of aryl methyl sites for hydroxylation is 1. The van der Waals surface area contributed by atoms with Crippen molar-refractivity contribution in [2.45, 2.75) is 26.3 Å². The number of anilines is 1. The van der Waals surface area contributed by atoms with Crippen molar-refractivity contribution in [1.29, 1.82) is 0 Å². The van der Waals surface area contributed by atoms with E-state index in [-0.39, 0.29) is 11.8 Å². The summed E-state index contributed by atoms with van der Waals surface area (Å²) in [5.74, 6) is 1.34. The van der Waals surface area contributed by atoms with E-state index in [2.05, 4.69) is 32.5 Å². The lowest BCUT2D eigenvalue weighted by atomic mass is 9.95. The minimum atomic E-state index is 0.0124. The predicted octanol–water partition coefficient (Wildman–Crippen LogP) is 5.05. The van der Waals surface area contributed by atoms with Crippen molar-refractivity contribution >= 4 is 22.4 Å². The largest absolute Gasteiger partial charge is 0.334 e. The molecule has 3 aromatic carbocycles. The van der Waals surface area contributed by atoms with Crippen LogP contribution in [0.25, 0.3) is 22.2 Å². The lowest BCUT2D eigenvalue weighted by Crippen LogP contribution is -2.38. The molecule has 1 saturated heterocycles. The Kier molecular flexibility index (Phi) is 5.69.